The highest BCUT2D eigenvalue weighted by Crippen LogP contribution is 2.47. The van der Waals surface area contributed by atoms with Crippen molar-refractivity contribution in [1.29, 1.82) is 0 Å². The first-order valence-corrected chi connectivity index (χ1v) is 8.23. The molecule has 4 aliphatic rings. The summed E-state index contributed by atoms with van der Waals surface area (Å²) < 4.78 is 2.42. The van der Waals surface area contributed by atoms with Gasteiger partial charge in [0, 0.05) is 37.1 Å². The monoisotopic (exact) mass is 291 g/mol. The SMILES string of the molecule is O=C1CCCN1C1CC2c3ccccc3C1c1cccc[n+]12. The van der Waals surface area contributed by atoms with Gasteiger partial charge < -0.3 is 4.90 Å². The summed E-state index contributed by atoms with van der Waals surface area (Å²) in [7, 11) is 0. The number of fused-ring (bicyclic) bond motifs is 1. The summed E-state index contributed by atoms with van der Waals surface area (Å²) >= 11 is 0. The summed E-state index contributed by atoms with van der Waals surface area (Å²) in [6.45, 7) is 0.932. The van der Waals surface area contributed by atoms with Crippen molar-refractivity contribution in [2.75, 3.05) is 6.54 Å². The van der Waals surface area contributed by atoms with Gasteiger partial charge in [0.15, 0.2) is 17.9 Å². The summed E-state index contributed by atoms with van der Waals surface area (Å²) in [5, 5.41) is 0. The highest BCUT2D eigenvalue weighted by Gasteiger charge is 2.52. The zero-order chi connectivity index (χ0) is 14.7. The van der Waals surface area contributed by atoms with E-state index in [1.165, 1.54) is 16.8 Å². The molecule has 22 heavy (non-hydrogen) atoms. The van der Waals surface area contributed by atoms with Gasteiger partial charge in [-0.1, -0.05) is 30.3 Å². The van der Waals surface area contributed by atoms with Gasteiger partial charge >= 0.3 is 0 Å². The Kier molecular flexibility index (Phi) is 2.49. The second-order valence-electron chi connectivity index (χ2n) is 6.65. The van der Waals surface area contributed by atoms with E-state index in [0.29, 0.717) is 23.9 Å². The van der Waals surface area contributed by atoms with Crippen LogP contribution >= 0.6 is 0 Å². The molecule has 3 aliphatic heterocycles. The molecule has 1 amide bonds. The van der Waals surface area contributed by atoms with E-state index in [1.54, 1.807) is 0 Å². The number of carbonyl (C=O) groups excluding carboxylic acids is 1. The van der Waals surface area contributed by atoms with Gasteiger partial charge in [-0.25, -0.2) is 0 Å². The van der Waals surface area contributed by atoms with Gasteiger partial charge in [-0.2, -0.15) is 4.57 Å². The van der Waals surface area contributed by atoms with E-state index in [-0.39, 0.29) is 0 Å². The predicted octanol–water partition coefficient (Wildman–Crippen LogP) is 2.40. The largest absolute Gasteiger partial charge is 0.338 e. The van der Waals surface area contributed by atoms with Gasteiger partial charge in [-0.3, -0.25) is 4.79 Å². The normalized spacial score (nSPS) is 28.6. The molecule has 0 radical (unpaired) electrons. The second-order valence-corrected chi connectivity index (χ2v) is 6.65. The van der Waals surface area contributed by atoms with Gasteiger partial charge in [0.1, 0.15) is 0 Å². The Morgan fingerprint density at radius 3 is 2.68 bits per heavy atom. The van der Waals surface area contributed by atoms with E-state index in [0.717, 1.165) is 25.8 Å². The third-order valence-corrected chi connectivity index (χ3v) is 5.63. The number of aromatic nitrogens is 1. The molecule has 3 unspecified atom stereocenters. The molecular weight excluding hydrogens is 272 g/mol. The summed E-state index contributed by atoms with van der Waals surface area (Å²) in [5.41, 5.74) is 4.23. The fraction of sp³-hybridized carbons (Fsp3) is 0.368. The predicted molar refractivity (Wildman–Crippen MR) is 82.4 cm³/mol. The third-order valence-electron chi connectivity index (χ3n) is 5.63. The van der Waals surface area contributed by atoms with Crippen molar-refractivity contribution in [3.05, 3.63) is 65.5 Å². The lowest BCUT2D eigenvalue weighted by Crippen LogP contribution is -2.59. The fourth-order valence-corrected chi connectivity index (χ4v) is 4.76. The summed E-state index contributed by atoms with van der Waals surface area (Å²) in [6.07, 6.45) is 4.99. The molecule has 4 heterocycles. The zero-order valence-corrected chi connectivity index (χ0v) is 12.5. The summed E-state index contributed by atoms with van der Waals surface area (Å²) in [5.74, 6) is 0.668. The molecule has 3 atom stereocenters. The number of benzene rings is 1. The number of nitrogens with zero attached hydrogens (tertiary/aromatic N) is 2. The summed E-state index contributed by atoms with van der Waals surface area (Å²) in [6, 6.07) is 16.0. The maximum atomic E-state index is 12.3. The van der Waals surface area contributed by atoms with Crippen LogP contribution < -0.4 is 4.57 Å². The maximum Gasteiger partial charge on any atom is 0.222 e. The Labute approximate surface area is 130 Å². The van der Waals surface area contributed by atoms with E-state index in [1.807, 2.05) is 0 Å². The molecule has 2 bridgehead atoms. The standard InChI is InChI=1S/C19H19N2O/c22-18-9-5-11-21(18)17-12-16-13-6-1-2-7-14(13)19(17)15-8-3-4-10-20(15)16/h1-4,6-8,10,16-17,19H,5,9,11-12H2/q+1. The highest BCUT2D eigenvalue weighted by molar-refractivity contribution is 5.78. The zero-order valence-electron chi connectivity index (χ0n) is 12.5. The molecule has 1 aromatic carbocycles. The van der Waals surface area contributed by atoms with Crippen LogP contribution in [0.2, 0.25) is 0 Å². The molecule has 0 N–H and O–H groups in total. The van der Waals surface area contributed by atoms with Crippen LogP contribution in [0, 0.1) is 0 Å². The smallest absolute Gasteiger partial charge is 0.222 e. The number of carbonyl (C=O) groups is 1. The second kappa shape index (κ2) is 4.42. The molecular formula is C19H19N2O+. The minimum Gasteiger partial charge on any atom is -0.338 e. The molecule has 1 aliphatic carbocycles. The number of pyridine rings is 1. The Morgan fingerprint density at radius 2 is 1.86 bits per heavy atom. The number of rotatable bonds is 1. The van der Waals surface area contributed by atoms with Gasteiger partial charge in [-0.15, -0.1) is 0 Å². The molecule has 110 valence electrons. The van der Waals surface area contributed by atoms with Gasteiger partial charge in [0.2, 0.25) is 5.91 Å². The molecule has 0 saturated carbocycles. The van der Waals surface area contributed by atoms with Crippen LogP contribution in [0.25, 0.3) is 0 Å². The molecule has 3 nitrogen and oxygen atoms in total. The van der Waals surface area contributed by atoms with E-state index in [9.17, 15) is 4.79 Å². The first-order chi connectivity index (χ1) is 10.8. The van der Waals surface area contributed by atoms with Crippen molar-refractivity contribution in [3.8, 4) is 0 Å². The number of amides is 1. The molecule has 6 rings (SSSR count). The Morgan fingerprint density at radius 1 is 1.05 bits per heavy atom. The van der Waals surface area contributed by atoms with Crippen molar-refractivity contribution in [1.82, 2.24) is 4.90 Å². The first kappa shape index (κ1) is 12.4. The number of hydrogen-bond donors (Lipinski definition) is 0. The lowest BCUT2D eigenvalue weighted by atomic mass is 9.70. The number of hydrogen-bond acceptors (Lipinski definition) is 1. The van der Waals surface area contributed by atoms with Crippen LogP contribution in [0.4, 0.5) is 0 Å². The van der Waals surface area contributed by atoms with Gasteiger partial charge in [-0.05, 0) is 12.0 Å². The molecule has 1 fully saturated rings. The molecule has 3 heteroatoms. The Bertz CT molecular complexity index is 722. The van der Waals surface area contributed by atoms with Crippen molar-refractivity contribution in [2.45, 2.75) is 37.3 Å². The quantitative estimate of drug-likeness (QED) is 0.740. The van der Waals surface area contributed by atoms with Crippen LogP contribution in [0.15, 0.2) is 48.7 Å². The van der Waals surface area contributed by atoms with Crippen LogP contribution in [0.1, 0.15) is 48.0 Å². The Hall–Kier alpha value is -2.16. The van der Waals surface area contributed by atoms with E-state index in [2.05, 4.69) is 58.1 Å². The van der Waals surface area contributed by atoms with Crippen molar-refractivity contribution in [3.63, 3.8) is 0 Å². The topological polar surface area (TPSA) is 24.2 Å². The van der Waals surface area contributed by atoms with E-state index < -0.39 is 0 Å². The average Bonchev–Trinajstić information content (AvgIpc) is 3.01. The minimum atomic E-state index is 0.324. The Balaban J connectivity index is 1.70. The van der Waals surface area contributed by atoms with Gasteiger partial charge in [0.05, 0.1) is 12.0 Å². The first-order valence-electron chi connectivity index (χ1n) is 8.23. The fourth-order valence-electron chi connectivity index (χ4n) is 4.76. The van der Waals surface area contributed by atoms with Crippen LogP contribution in [0.3, 0.4) is 0 Å². The lowest BCUT2D eigenvalue weighted by molar-refractivity contribution is -0.731. The van der Waals surface area contributed by atoms with Crippen molar-refractivity contribution < 1.29 is 9.36 Å². The maximum absolute atomic E-state index is 12.3. The molecule has 1 saturated heterocycles. The van der Waals surface area contributed by atoms with Crippen LogP contribution in [-0.4, -0.2) is 23.4 Å². The average molecular weight is 291 g/mol. The van der Waals surface area contributed by atoms with Crippen LogP contribution in [0.5, 0.6) is 0 Å². The van der Waals surface area contributed by atoms with Crippen molar-refractivity contribution >= 4 is 5.91 Å². The highest BCUT2D eigenvalue weighted by atomic mass is 16.2. The number of likely N-dealkylation sites (tertiary alicyclic amines) is 1. The van der Waals surface area contributed by atoms with Crippen molar-refractivity contribution in [2.24, 2.45) is 0 Å². The van der Waals surface area contributed by atoms with Gasteiger partial charge in [0.25, 0.3) is 0 Å². The third kappa shape index (κ3) is 1.51. The summed E-state index contributed by atoms with van der Waals surface area (Å²) in [4.78, 5) is 14.4. The van der Waals surface area contributed by atoms with E-state index >= 15 is 0 Å². The lowest BCUT2D eigenvalue weighted by Gasteiger charge is -2.43. The molecule has 0 spiro atoms. The molecule has 2 aromatic rings. The minimum absolute atomic E-state index is 0.324. The molecule has 1 aromatic heterocycles. The van der Waals surface area contributed by atoms with Crippen LogP contribution in [-0.2, 0) is 4.79 Å². The van der Waals surface area contributed by atoms with E-state index in [4.69, 9.17) is 0 Å².